The predicted octanol–water partition coefficient (Wildman–Crippen LogP) is 1.57. The van der Waals surface area contributed by atoms with Gasteiger partial charge in [-0.1, -0.05) is 6.07 Å². The molecule has 0 saturated carbocycles. The lowest BCUT2D eigenvalue weighted by Crippen LogP contribution is -2.60. The number of hydrogen-bond acceptors (Lipinski definition) is 5. The standard InChI is InChI=1S/C15H23N3O3S/c1-15(2,3)21-14(20)18-7-6-16-10-12(18)13(19)17-9-11-5-4-8-22-11/h4-5,8,12,16H,6-7,9-10H2,1-3H3,(H,17,19)/t12-/m0/s1. The molecule has 0 aromatic carbocycles. The third-order valence-electron chi connectivity index (χ3n) is 3.19. The number of amides is 2. The fourth-order valence-corrected chi connectivity index (χ4v) is 2.83. The van der Waals surface area contributed by atoms with Crippen LogP contribution in [0.2, 0.25) is 0 Å². The van der Waals surface area contributed by atoms with E-state index >= 15 is 0 Å². The molecule has 7 heteroatoms. The van der Waals surface area contributed by atoms with Gasteiger partial charge in [0.1, 0.15) is 11.6 Å². The van der Waals surface area contributed by atoms with E-state index in [1.807, 2.05) is 38.3 Å². The molecular formula is C15H23N3O3S. The van der Waals surface area contributed by atoms with Crippen LogP contribution in [0.3, 0.4) is 0 Å². The molecule has 2 amide bonds. The van der Waals surface area contributed by atoms with E-state index in [0.29, 0.717) is 26.2 Å². The largest absolute Gasteiger partial charge is 0.444 e. The van der Waals surface area contributed by atoms with Crippen LogP contribution in [0.25, 0.3) is 0 Å². The highest BCUT2D eigenvalue weighted by atomic mass is 32.1. The van der Waals surface area contributed by atoms with Gasteiger partial charge in [-0.05, 0) is 32.2 Å². The number of carbonyl (C=O) groups excluding carboxylic acids is 2. The van der Waals surface area contributed by atoms with E-state index in [2.05, 4.69) is 10.6 Å². The van der Waals surface area contributed by atoms with Crippen LogP contribution in [0.4, 0.5) is 4.79 Å². The zero-order valence-corrected chi connectivity index (χ0v) is 14.0. The number of nitrogens with one attached hydrogen (secondary N) is 2. The zero-order valence-electron chi connectivity index (χ0n) is 13.2. The van der Waals surface area contributed by atoms with Gasteiger partial charge in [0.25, 0.3) is 0 Å². The maximum Gasteiger partial charge on any atom is 0.411 e. The maximum atomic E-state index is 12.4. The lowest BCUT2D eigenvalue weighted by Gasteiger charge is -2.36. The smallest absolute Gasteiger partial charge is 0.411 e. The molecule has 2 heterocycles. The van der Waals surface area contributed by atoms with Gasteiger partial charge in [-0.15, -0.1) is 11.3 Å². The number of nitrogens with zero attached hydrogens (tertiary/aromatic N) is 1. The van der Waals surface area contributed by atoms with Gasteiger partial charge in [0.05, 0.1) is 6.54 Å². The van der Waals surface area contributed by atoms with Crippen molar-refractivity contribution in [2.75, 3.05) is 19.6 Å². The van der Waals surface area contributed by atoms with Gasteiger partial charge < -0.3 is 15.4 Å². The molecule has 1 aromatic heterocycles. The third-order valence-corrected chi connectivity index (χ3v) is 4.07. The normalized spacial score (nSPS) is 18.9. The Balaban J connectivity index is 1.96. The molecule has 1 saturated heterocycles. The second-order valence-corrected chi connectivity index (χ2v) is 7.22. The van der Waals surface area contributed by atoms with E-state index in [1.165, 1.54) is 4.90 Å². The van der Waals surface area contributed by atoms with E-state index in [9.17, 15) is 9.59 Å². The summed E-state index contributed by atoms with van der Waals surface area (Å²) in [4.78, 5) is 27.2. The molecule has 2 rings (SSSR count). The summed E-state index contributed by atoms with van der Waals surface area (Å²) in [5.74, 6) is -0.161. The fraction of sp³-hybridized carbons (Fsp3) is 0.600. The summed E-state index contributed by atoms with van der Waals surface area (Å²) in [6, 6.07) is 3.38. The van der Waals surface area contributed by atoms with Crippen LogP contribution in [-0.2, 0) is 16.1 Å². The topological polar surface area (TPSA) is 70.7 Å². The second kappa shape index (κ2) is 7.11. The second-order valence-electron chi connectivity index (χ2n) is 6.19. The molecule has 1 aliphatic rings. The van der Waals surface area contributed by atoms with Crippen molar-refractivity contribution < 1.29 is 14.3 Å². The van der Waals surface area contributed by atoms with Crippen molar-refractivity contribution in [3.63, 3.8) is 0 Å². The Bertz CT molecular complexity index is 511. The summed E-state index contributed by atoms with van der Waals surface area (Å²) in [5.41, 5.74) is -0.569. The molecule has 2 N–H and O–H groups in total. The summed E-state index contributed by atoms with van der Waals surface area (Å²) >= 11 is 1.59. The van der Waals surface area contributed by atoms with E-state index in [4.69, 9.17) is 4.74 Å². The maximum absolute atomic E-state index is 12.4. The first kappa shape index (κ1) is 16.8. The number of piperazine rings is 1. The van der Waals surface area contributed by atoms with Crippen LogP contribution in [0.1, 0.15) is 25.6 Å². The van der Waals surface area contributed by atoms with Crippen molar-refractivity contribution in [1.82, 2.24) is 15.5 Å². The Hall–Kier alpha value is -1.60. The van der Waals surface area contributed by atoms with Crippen LogP contribution >= 0.6 is 11.3 Å². The van der Waals surface area contributed by atoms with Gasteiger partial charge in [-0.25, -0.2) is 4.79 Å². The van der Waals surface area contributed by atoms with Gasteiger partial charge in [-0.3, -0.25) is 9.69 Å². The first-order chi connectivity index (χ1) is 10.4. The Morgan fingerprint density at radius 3 is 2.91 bits per heavy atom. The average Bonchev–Trinajstić information content (AvgIpc) is 2.96. The minimum Gasteiger partial charge on any atom is -0.444 e. The Labute approximate surface area is 134 Å². The van der Waals surface area contributed by atoms with Crippen LogP contribution in [0, 0.1) is 0 Å². The predicted molar refractivity (Wildman–Crippen MR) is 85.8 cm³/mol. The van der Waals surface area contributed by atoms with E-state index in [0.717, 1.165) is 4.88 Å². The Kier molecular flexibility index (Phi) is 5.42. The molecule has 0 aliphatic carbocycles. The molecule has 0 bridgehead atoms. The molecule has 0 spiro atoms. The molecule has 1 atom stereocenters. The van der Waals surface area contributed by atoms with Crippen molar-refractivity contribution in [1.29, 1.82) is 0 Å². The van der Waals surface area contributed by atoms with Gasteiger partial charge in [0.2, 0.25) is 5.91 Å². The lowest BCUT2D eigenvalue weighted by molar-refractivity contribution is -0.127. The molecule has 0 radical (unpaired) electrons. The molecule has 0 unspecified atom stereocenters. The molecule has 122 valence electrons. The molecule has 1 aliphatic heterocycles. The highest BCUT2D eigenvalue weighted by Gasteiger charge is 2.34. The van der Waals surface area contributed by atoms with Crippen LogP contribution in [0.5, 0.6) is 0 Å². The SMILES string of the molecule is CC(C)(C)OC(=O)N1CCNC[C@H]1C(=O)NCc1cccs1. The Morgan fingerprint density at radius 2 is 2.27 bits per heavy atom. The van der Waals surface area contributed by atoms with Crippen LogP contribution < -0.4 is 10.6 Å². The monoisotopic (exact) mass is 325 g/mol. The zero-order chi connectivity index (χ0) is 16.2. The first-order valence-electron chi connectivity index (χ1n) is 7.37. The quantitative estimate of drug-likeness (QED) is 0.885. The van der Waals surface area contributed by atoms with Crippen molar-refractivity contribution in [3.8, 4) is 0 Å². The summed E-state index contributed by atoms with van der Waals surface area (Å²) < 4.78 is 5.39. The third kappa shape index (κ3) is 4.71. The van der Waals surface area contributed by atoms with Crippen molar-refractivity contribution >= 4 is 23.3 Å². The number of carbonyl (C=O) groups is 2. The van der Waals surface area contributed by atoms with Gasteiger partial charge in [0, 0.05) is 24.5 Å². The summed E-state index contributed by atoms with van der Waals surface area (Å²) in [7, 11) is 0. The molecule has 1 fully saturated rings. The molecule has 6 nitrogen and oxygen atoms in total. The van der Waals surface area contributed by atoms with Crippen LogP contribution in [0.15, 0.2) is 17.5 Å². The fourth-order valence-electron chi connectivity index (χ4n) is 2.18. The number of ether oxygens (including phenoxy) is 1. The van der Waals surface area contributed by atoms with E-state index < -0.39 is 17.7 Å². The van der Waals surface area contributed by atoms with E-state index in [-0.39, 0.29) is 5.91 Å². The van der Waals surface area contributed by atoms with Gasteiger partial charge in [0.15, 0.2) is 0 Å². The summed E-state index contributed by atoms with van der Waals surface area (Å²) in [6.45, 7) is 7.50. The average molecular weight is 325 g/mol. The Morgan fingerprint density at radius 1 is 1.50 bits per heavy atom. The minimum atomic E-state index is -0.569. The minimum absolute atomic E-state index is 0.161. The van der Waals surface area contributed by atoms with Crippen molar-refractivity contribution in [2.45, 2.75) is 39.0 Å². The molecule has 22 heavy (non-hydrogen) atoms. The first-order valence-corrected chi connectivity index (χ1v) is 8.25. The summed E-state index contributed by atoms with van der Waals surface area (Å²) in [6.07, 6.45) is -0.440. The lowest BCUT2D eigenvalue weighted by atomic mass is 10.1. The molecule has 1 aromatic rings. The number of hydrogen-bond donors (Lipinski definition) is 2. The molecular weight excluding hydrogens is 302 g/mol. The van der Waals surface area contributed by atoms with Gasteiger partial charge in [-0.2, -0.15) is 0 Å². The van der Waals surface area contributed by atoms with Crippen molar-refractivity contribution in [2.24, 2.45) is 0 Å². The highest BCUT2D eigenvalue weighted by molar-refractivity contribution is 7.09. The highest BCUT2D eigenvalue weighted by Crippen LogP contribution is 2.14. The number of thiophene rings is 1. The summed E-state index contributed by atoms with van der Waals surface area (Å²) in [5, 5.41) is 8.00. The van der Waals surface area contributed by atoms with Crippen LogP contribution in [-0.4, -0.2) is 48.2 Å². The van der Waals surface area contributed by atoms with Crippen molar-refractivity contribution in [3.05, 3.63) is 22.4 Å². The van der Waals surface area contributed by atoms with E-state index in [1.54, 1.807) is 11.3 Å². The number of rotatable bonds is 3. The van der Waals surface area contributed by atoms with Gasteiger partial charge >= 0.3 is 6.09 Å².